The van der Waals surface area contributed by atoms with Crippen LogP contribution in [-0.4, -0.2) is 23.0 Å². The minimum absolute atomic E-state index is 0.218. The molecule has 0 spiro atoms. The number of ether oxygens (including phenoxy) is 1. The van der Waals surface area contributed by atoms with Crippen molar-refractivity contribution in [2.75, 3.05) is 12.4 Å². The number of rotatable bonds is 3. The second kappa shape index (κ2) is 4.88. The van der Waals surface area contributed by atoms with Crippen LogP contribution in [0.15, 0.2) is 23.8 Å². The standard InChI is InChI=1S/C10H8FN3O2S/c1-16-9(15)8-7(2-3-17-8)14-10-12-4-6(11)5-13-10/h2-5H,1H3,(H,12,13,14). The molecule has 5 nitrogen and oxygen atoms in total. The molecule has 1 N–H and O–H groups in total. The highest BCUT2D eigenvalue weighted by Gasteiger charge is 2.14. The van der Waals surface area contributed by atoms with Crippen LogP contribution in [-0.2, 0) is 4.74 Å². The summed E-state index contributed by atoms with van der Waals surface area (Å²) in [6, 6.07) is 1.70. The van der Waals surface area contributed by atoms with E-state index in [4.69, 9.17) is 0 Å². The summed E-state index contributed by atoms with van der Waals surface area (Å²) in [5.41, 5.74) is 0.536. The molecule has 0 amide bonds. The van der Waals surface area contributed by atoms with E-state index in [9.17, 15) is 9.18 Å². The van der Waals surface area contributed by atoms with Crippen LogP contribution in [0.4, 0.5) is 16.0 Å². The highest BCUT2D eigenvalue weighted by Crippen LogP contribution is 2.25. The number of hydrogen-bond donors (Lipinski definition) is 1. The van der Waals surface area contributed by atoms with E-state index in [1.807, 2.05) is 0 Å². The van der Waals surface area contributed by atoms with Gasteiger partial charge in [-0.2, -0.15) is 0 Å². The molecule has 0 saturated carbocycles. The van der Waals surface area contributed by atoms with Crippen molar-refractivity contribution in [3.05, 3.63) is 34.5 Å². The van der Waals surface area contributed by atoms with Gasteiger partial charge in [0.15, 0.2) is 5.82 Å². The first-order valence-electron chi connectivity index (χ1n) is 4.61. The lowest BCUT2D eigenvalue weighted by Crippen LogP contribution is -2.03. The first kappa shape index (κ1) is 11.5. The maximum atomic E-state index is 12.6. The largest absolute Gasteiger partial charge is 0.465 e. The Morgan fingerprint density at radius 2 is 2.18 bits per heavy atom. The van der Waals surface area contributed by atoms with Crippen LogP contribution in [0.2, 0.25) is 0 Å². The molecule has 2 rings (SSSR count). The third kappa shape index (κ3) is 2.56. The molecule has 0 atom stereocenters. The summed E-state index contributed by atoms with van der Waals surface area (Å²) in [6.07, 6.45) is 2.08. The van der Waals surface area contributed by atoms with E-state index in [1.165, 1.54) is 18.4 Å². The number of thiophene rings is 1. The molecule has 88 valence electrons. The maximum Gasteiger partial charge on any atom is 0.350 e. The number of aromatic nitrogens is 2. The van der Waals surface area contributed by atoms with E-state index in [1.54, 1.807) is 11.4 Å². The summed E-state index contributed by atoms with van der Waals surface area (Å²) in [5, 5.41) is 4.55. The van der Waals surface area contributed by atoms with Gasteiger partial charge in [-0.25, -0.2) is 19.2 Å². The van der Waals surface area contributed by atoms with Crippen LogP contribution < -0.4 is 5.32 Å². The van der Waals surface area contributed by atoms with Crippen molar-refractivity contribution >= 4 is 28.9 Å². The Bertz CT molecular complexity index is 527. The summed E-state index contributed by atoms with van der Waals surface area (Å²) >= 11 is 1.24. The molecule has 0 radical (unpaired) electrons. The van der Waals surface area contributed by atoms with Gasteiger partial charge in [0.1, 0.15) is 4.88 Å². The molecule has 0 bridgehead atoms. The number of methoxy groups -OCH3 is 1. The third-order valence-electron chi connectivity index (χ3n) is 1.90. The van der Waals surface area contributed by atoms with Crippen molar-refractivity contribution in [2.24, 2.45) is 0 Å². The maximum absolute atomic E-state index is 12.6. The topological polar surface area (TPSA) is 64.1 Å². The van der Waals surface area contributed by atoms with Crippen LogP contribution in [0.5, 0.6) is 0 Å². The summed E-state index contributed by atoms with van der Waals surface area (Å²) < 4.78 is 17.2. The van der Waals surface area contributed by atoms with E-state index in [0.29, 0.717) is 10.6 Å². The van der Waals surface area contributed by atoms with Crippen molar-refractivity contribution in [3.63, 3.8) is 0 Å². The van der Waals surface area contributed by atoms with E-state index in [2.05, 4.69) is 20.0 Å². The lowest BCUT2D eigenvalue weighted by atomic mass is 10.4. The molecular formula is C10H8FN3O2S. The van der Waals surface area contributed by atoms with Crippen LogP contribution in [0, 0.1) is 5.82 Å². The number of hydrogen-bond acceptors (Lipinski definition) is 6. The fourth-order valence-electron chi connectivity index (χ4n) is 1.16. The van der Waals surface area contributed by atoms with Gasteiger partial charge >= 0.3 is 5.97 Å². The highest BCUT2D eigenvalue weighted by molar-refractivity contribution is 7.12. The Labute approximate surface area is 100 Å². The van der Waals surface area contributed by atoms with Gasteiger partial charge in [0.25, 0.3) is 0 Å². The minimum atomic E-state index is -0.519. The second-order valence-electron chi connectivity index (χ2n) is 3.00. The summed E-state index contributed by atoms with van der Waals surface area (Å²) in [5.74, 6) is -0.742. The van der Waals surface area contributed by atoms with E-state index < -0.39 is 11.8 Å². The Kier molecular flexibility index (Phi) is 3.29. The monoisotopic (exact) mass is 253 g/mol. The number of carbonyl (C=O) groups excluding carboxylic acids is 1. The number of anilines is 2. The molecule has 17 heavy (non-hydrogen) atoms. The average Bonchev–Trinajstić information content (AvgIpc) is 2.79. The van der Waals surface area contributed by atoms with Crippen LogP contribution in [0.1, 0.15) is 9.67 Å². The number of nitrogens with one attached hydrogen (secondary N) is 1. The fourth-order valence-corrected chi connectivity index (χ4v) is 1.92. The quantitative estimate of drug-likeness (QED) is 0.849. The SMILES string of the molecule is COC(=O)c1sccc1Nc1ncc(F)cn1. The molecule has 0 aliphatic rings. The Morgan fingerprint density at radius 1 is 1.47 bits per heavy atom. The minimum Gasteiger partial charge on any atom is -0.465 e. The van der Waals surface area contributed by atoms with E-state index >= 15 is 0 Å². The second-order valence-corrected chi connectivity index (χ2v) is 3.92. The van der Waals surface area contributed by atoms with Gasteiger partial charge in [-0.15, -0.1) is 11.3 Å². The van der Waals surface area contributed by atoms with E-state index in [-0.39, 0.29) is 5.95 Å². The van der Waals surface area contributed by atoms with Crippen molar-refractivity contribution in [3.8, 4) is 0 Å². The molecular weight excluding hydrogens is 245 g/mol. The van der Waals surface area contributed by atoms with Crippen molar-refractivity contribution < 1.29 is 13.9 Å². The predicted molar refractivity (Wildman–Crippen MR) is 60.9 cm³/mol. The number of nitrogens with zero attached hydrogens (tertiary/aromatic N) is 2. The molecule has 0 aromatic carbocycles. The first-order valence-corrected chi connectivity index (χ1v) is 5.49. The van der Waals surface area contributed by atoms with Gasteiger partial charge < -0.3 is 10.1 Å². The number of carbonyl (C=O) groups is 1. The normalized spacial score (nSPS) is 10.0. The van der Waals surface area contributed by atoms with Gasteiger partial charge in [0.2, 0.25) is 5.95 Å². The zero-order valence-corrected chi connectivity index (χ0v) is 9.62. The summed E-state index contributed by atoms with van der Waals surface area (Å²) in [6.45, 7) is 0. The lowest BCUT2D eigenvalue weighted by Gasteiger charge is -2.04. The average molecular weight is 253 g/mol. The molecule has 2 aromatic heterocycles. The molecule has 0 unspecified atom stereocenters. The fraction of sp³-hybridized carbons (Fsp3) is 0.100. The summed E-state index contributed by atoms with van der Waals surface area (Å²) in [4.78, 5) is 19.3. The van der Waals surface area contributed by atoms with Crippen molar-refractivity contribution in [1.82, 2.24) is 9.97 Å². The summed E-state index contributed by atoms with van der Waals surface area (Å²) in [7, 11) is 1.31. The lowest BCUT2D eigenvalue weighted by molar-refractivity contribution is 0.0607. The number of halogens is 1. The number of esters is 1. The van der Waals surface area contributed by atoms with Crippen molar-refractivity contribution in [2.45, 2.75) is 0 Å². The molecule has 2 aromatic rings. The Morgan fingerprint density at radius 3 is 2.82 bits per heavy atom. The smallest absolute Gasteiger partial charge is 0.350 e. The molecule has 0 aliphatic heterocycles. The van der Waals surface area contributed by atoms with E-state index in [0.717, 1.165) is 12.4 Å². The third-order valence-corrected chi connectivity index (χ3v) is 2.80. The van der Waals surface area contributed by atoms with Gasteiger partial charge in [0, 0.05) is 0 Å². The molecule has 0 fully saturated rings. The molecule has 0 aliphatic carbocycles. The molecule has 0 saturated heterocycles. The van der Waals surface area contributed by atoms with Crippen molar-refractivity contribution in [1.29, 1.82) is 0 Å². The molecule has 7 heteroatoms. The molecule has 2 heterocycles. The Hall–Kier alpha value is -2.02. The zero-order chi connectivity index (χ0) is 12.3. The first-order chi connectivity index (χ1) is 8.20. The Balaban J connectivity index is 2.21. The van der Waals surface area contributed by atoms with Gasteiger partial charge in [-0.1, -0.05) is 0 Å². The van der Waals surface area contributed by atoms with Crippen LogP contribution in [0.3, 0.4) is 0 Å². The predicted octanol–water partition coefficient (Wildman–Crippen LogP) is 2.21. The van der Waals surface area contributed by atoms with Crippen LogP contribution in [0.25, 0.3) is 0 Å². The van der Waals surface area contributed by atoms with Gasteiger partial charge in [-0.3, -0.25) is 0 Å². The highest BCUT2D eigenvalue weighted by atomic mass is 32.1. The van der Waals surface area contributed by atoms with Gasteiger partial charge in [-0.05, 0) is 11.4 Å². The van der Waals surface area contributed by atoms with Gasteiger partial charge in [0.05, 0.1) is 25.2 Å². The zero-order valence-electron chi connectivity index (χ0n) is 8.81. The van der Waals surface area contributed by atoms with Crippen LogP contribution >= 0.6 is 11.3 Å².